The van der Waals surface area contributed by atoms with Crippen molar-refractivity contribution in [2.45, 2.75) is 12.2 Å². The lowest BCUT2D eigenvalue weighted by Crippen LogP contribution is -2.29. The molecular formula is C10H15NO5. The Labute approximate surface area is 92.8 Å². The van der Waals surface area contributed by atoms with Gasteiger partial charge in [-0.3, -0.25) is 0 Å². The molecule has 1 aromatic heterocycles. The fraction of sp³-hybridized carbons (Fsp3) is 0.500. The molecule has 0 spiro atoms. The van der Waals surface area contributed by atoms with Gasteiger partial charge >= 0.3 is 5.97 Å². The van der Waals surface area contributed by atoms with Crippen LogP contribution in [0.3, 0.4) is 0 Å². The van der Waals surface area contributed by atoms with E-state index in [2.05, 4.69) is 10.1 Å². The highest BCUT2D eigenvalue weighted by atomic mass is 16.5. The van der Waals surface area contributed by atoms with E-state index in [1.807, 2.05) is 0 Å². The van der Waals surface area contributed by atoms with Crippen LogP contribution in [0.2, 0.25) is 0 Å². The lowest BCUT2D eigenvalue weighted by molar-refractivity contribution is 0.00612. The number of methoxy groups -OCH3 is 1. The maximum absolute atomic E-state index is 11.1. The molecule has 0 fully saturated rings. The number of hydrogen-bond donors (Lipinski definition) is 3. The van der Waals surface area contributed by atoms with Crippen LogP contribution >= 0.6 is 0 Å². The highest BCUT2D eigenvalue weighted by Crippen LogP contribution is 2.19. The van der Waals surface area contributed by atoms with Gasteiger partial charge in [-0.2, -0.15) is 0 Å². The quantitative estimate of drug-likeness (QED) is 0.599. The number of esters is 1. The maximum atomic E-state index is 11.1. The Hall–Kier alpha value is -1.37. The summed E-state index contributed by atoms with van der Waals surface area (Å²) in [5, 5.41) is 21.9. The van der Waals surface area contributed by atoms with E-state index in [-0.39, 0.29) is 18.1 Å². The topological polar surface area (TPSA) is 91.9 Å². The molecule has 1 rings (SSSR count). The molecule has 2 unspecified atom stereocenters. The molecular weight excluding hydrogens is 214 g/mol. The second kappa shape index (κ2) is 5.64. The third-order valence-corrected chi connectivity index (χ3v) is 2.08. The van der Waals surface area contributed by atoms with Crippen LogP contribution < -0.4 is 5.32 Å². The zero-order chi connectivity index (χ0) is 12.1. The second-order valence-corrected chi connectivity index (χ2v) is 3.26. The molecule has 0 saturated carbocycles. The van der Waals surface area contributed by atoms with Crippen LogP contribution in [0, 0.1) is 0 Å². The number of ether oxygens (including phenoxy) is 1. The molecule has 0 aliphatic heterocycles. The highest BCUT2D eigenvalue weighted by Gasteiger charge is 2.22. The van der Waals surface area contributed by atoms with Gasteiger partial charge in [-0.25, -0.2) is 4.79 Å². The fourth-order valence-electron chi connectivity index (χ4n) is 1.23. The minimum Gasteiger partial charge on any atom is -0.463 e. The van der Waals surface area contributed by atoms with Gasteiger partial charge in [0.2, 0.25) is 5.76 Å². The molecule has 0 aliphatic carbocycles. The summed E-state index contributed by atoms with van der Waals surface area (Å²) in [5.41, 5.74) is 0. The lowest BCUT2D eigenvalue weighted by Gasteiger charge is -2.14. The minimum atomic E-state index is -1.18. The summed E-state index contributed by atoms with van der Waals surface area (Å²) in [6.07, 6.45) is -2.17. The highest BCUT2D eigenvalue weighted by molar-refractivity contribution is 5.86. The van der Waals surface area contributed by atoms with E-state index in [1.54, 1.807) is 7.05 Å². The van der Waals surface area contributed by atoms with E-state index in [4.69, 9.17) is 4.42 Å². The molecule has 90 valence electrons. The standard InChI is InChI=1S/C10H15NO5/c1-11-5-6(12)9(13)7-3-4-8(16-7)10(14)15-2/h3-4,6,9,11-13H,5H2,1-2H3. The van der Waals surface area contributed by atoms with Gasteiger partial charge in [-0.15, -0.1) is 0 Å². The summed E-state index contributed by atoms with van der Waals surface area (Å²) in [6, 6.07) is 2.81. The first kappa shape index (κ1) is 12.7. The number of aliphatic hydroxyl groups excluding tert-OH is 2. The molecule has 0 saturated heterocycles. The first-order valence-electron chi connectivity index (χ1n) is 4.79. The van der Waals surface area contributed by atoms with Gasteiger partial charge in [0.25, 0.3) is 0 Å². The summed E-state index contributed by atoms with van der Waals surface area (Å²) >= 11 is 0. The Morgan fingerprint density at radius 2 is 2.25 bits per heavy atom. The van der Waals surface area contributed by atoms with Crippen LogP contribution in [0.25, 0.3) is 0 Å². The van der Waals surface area contributed by atoms with Crippen LogP contribution in [0.4, 0.5) is 0 Å². The van der Waals surface area contributed by atoms with Gasteiger partial charge in [-0.05, 0) is 19.2 Å². The predicted octanol–water partition coefficient (Wildman–Crippen LogP) is -0.320. The number of furan rings is 1. The molecule has 1 aromatic rings. The van der Waals surface area contributed by atoms with Crippen molar-refractivity contribution in [2.24, 2.45) is 0 Å². The summed E-state index contributed by atoms with van der Waals surface area (Å²) in [4.78, 5) is 11.1. The molecule has 3 N–H and O–H groups in total. The van der Waals surface area contributed by atoms with E-state index in [0.29, 0.717) is 0 Å². The van der Waals surface area contributed by atoms with Crippen molar-refractivity contribution in [3.05, 3.63) is 23.7 Å². The van der Waals surface area contributed by atoms with Gasteiger partial charge in [0.1, 0.15) is 11.9 Å². The minimum absolute atomic E-state index is 0.00629. The van der Waals surface area contributed by atoms with E-state index < -0.39 is 18.2 Å². The number of carbonyl (C=O) groups excluding carboxylic acids is 1. The Morgan fingerprint density at radius 3 is 2.81 bits per heavy atom. The van der Waals surface area contributed by atoms with Crippen LogP contribution in [-0.4, -0.2) is 43.0 Å². The van der Waals surface area contributed by atoms with Crippen molar-refractivity contribution in [1.29, 1.82) is 0 Å². The van der Waals surface area contributed by atoms with Crippen molar-refractivity contribution < 1.29 is 24.2 Å². The Bertz CT molecular complexity index is 349. The number of hydrogen-bond acceptors (Lipinski definition) is 6. The van der Waals surface area contributed by atoms with Crippen molar-refractivity contribution in [2.75, 3.05) is 20.7 Å². The average molecular weight is 229 g/mol. The average Bonchev–Trinajstić information content (AvgIpc) is 2.76. The molecule has 6 heteroatoms. The van der Waals surface area contributed by atoms with E-state index in [9.17, 15) is 15.0 Å². The summed E-state index contributed by atoms with van der Waals surface area (Å²) in [5.74, 6) is -0.502. The smallest absolute Gasteiger partial charge is 0.373 e. The lowest BCUT2D eigenvalue weighted by atomic mass is 10.1. The molecule has 0 aromatic carbocycles. The second-order valence-electron chi connectivity index (χ2n) is 3.26. The largest absolute Gasteiger partial charge is 0.463 e. The zero-order valence-electron chi connectivity index (χ0n) is 9.14. The third-order valence-electron chi connectivity index (χ3n) is 2.08. The van der Waals surface area contributed by atoms with Crippen LogP contribution in [0.1, 0.15) is 22.4 Å². The van der Waals surface area contributed by atoms with Crippen molar-refractivity contribution in [1.82, 2.24) is 5.32 Å². The molecule has 0 aliphatic rings. The number of aliphatic hydroxyl groups is 2. The number of carbonyl (C=O) groups is 1. The summed E-state index contributed by atoms with van der Waals surface area (Å²) < 4.78 is 9.50. The molecule has 0 amide bonds. The monoisotopic (exact) mass is 229 g/mol. The van der Waals surface area contributed by atoms with Gasteiger partial charge in [-0.1, -0.05) is 0 Å². The summed E-state index contributed by atoms with van der Waals surface area (Å²) in [6.45, 7) is 0.218. The van der Waals surface area contributed by atoms with Gasteiger partial charge < -0.3 is 24.7 Å². The van der Waals surface area contributed by atoms with Crippen LogP contribution in [-0.2, 0) is 4.74 Å². The molecule has 0 radical (unpaired) electrons. The SMILES string of the molecule is CNCC(O)C(O)c1ccc(C(=O)OC)o1. The zero-order valence-corrected chi connectivity index (χ0v) is 9.14. The Morgan fingerprint density at radius 1 is 1.56 bits per heavy atom. The van der Waals surface area contributed by atoms with Gasteiger partial charge in [0, 0.05) is 6.54 Å². The first-order valence-corrected chi connectivity index (χ1v) is 4.79. The van der Waals surface area contributed by atoms with Crippen molar-refractivity contribution in [3.63, 3.8) is 0 Å². The molecule has 0 bridgehead atoms. The van der Waals surface area contributed by atoms with Crippen molar-refractivity contribution >= 4 is 5.97 Å². The van der Waals surface area contributed by atoms with Gasteiger partial charge in [0.15, 0.2) is 0 Å². The molecule has 6 nitrogen and oxygen atoms in total. The molecule has 16 heavy (non-hydrogen) atoms. The first-order chi connectivity index (χ1) is 7.60. The van der Waals surface area contributed by atoms with Crippen LogP contribution in [0.5, 0.6) is 0 Å². The van der Waals surface area contributed by atoms with Gasteiger partial charge in [0.05, 0.1) is 13.2 Å². The van der Waals surface area contributed by atoms with E-state index in [0.717, 1.165) is 0 Å². The predicted molar refractivity (Wildman–Crippen MR) is 54.9 cm³/mol. The summed E-state index contributed by atoms with van der Waals surface area (Å²) in [7, 11) is 2.88. The number of rotatable bonds is 5. The van der Waals surface area contributed by atoms with E-state index in [1.165, 1.54) is 19.2 Å². The molecule has 2 atom stereocenters. The number of likely N-dealkylation sites (N-methyl/N-ethyl adjacent to an activating group) is 1. The normalized spacial score (nSPS) is 14.5. The number of nitrogens with one attached hydrogen (secondary N) is 1. The molecule has 1 heterocycles. The third kappa shape index (κ3) is 2.82. The van der Waals surface area contributed by atoms with Crippen LogP contribution in [0.15, 0.2) is 16.5 Å². The van der Waals surface area contributed by atoms with E-state index >= 15 is 0 Å². The fourth-order valence-corrected chi connectivity index (χ4v) is 1.23. The van der Waals surface area contributed by atoms with Crippen molar-refractivity contribution in [3.8, 4) is 0 Å². The Kier molecular flexibility index (Phi) is 4.48. The Balaban J connectivity index is 2.73. The maximum Gasteiger partial charge on any atom is 0.373 e.